The van der Waals surface area contributed by atoms with E-state index >= 15 is 0 Å². The van der Waals surface area contributed by atoms with E-state index < -0.39 is 0 Å². The molecule has 0 spiro atoms. The van der Waals surface area contributed by atoms with Gasteiger partial charge in [0.05, 0.1) is 11.0 Å². The van der Waals surface area contributed by atoms with Crippen LogP contribution in [0.15, 0.2) is 18.2 Å². The second-order valence-corrected chi connectivity index (χ2v) is 5.10. The van der Waals surface area contributed by atoms with Crippen molar-refractivity contribution in [3.05, 3.63) is 29.6 Å². The second-order valence-electron chi connectivity index (χ2n) is 5.10. The van der Waals surface area contributed by atoms with Crippen LogP contribution < -0.4 is 0 Å². The molecule has 102 valence electrons. The Kier molecular flexibility index (Phi) is 4.00. The molecule has 0 aliphatic carbocycles. The molecule has 1 heterocycles. The molecule has 0 aliphatic rings. The Morgan fingerprint density at radius 2 is 2.11 bits per heavy atom. The van der Waals surface area contributed by atoms with E-state index in [1.54, 1.807) is 6.92 Å². The molecule has 4 nitrogen and oxygen atoms in total. The van der Waals surface area contributed by atoms with Crippen LogP contribution >= 0.6 is 0 Å². The first-order chi connectivity index (χ1) is 9.02. The number of imidazole rings is 1. The van der Waals surface area contributed by atoms with Gasteiger partial charge in [-0.25, -0.2) is 4.98 Å². The van der Waals surface area contributed by atoms with Gasteiger partial charge in [0.1, 0.15) is 5.82 Å². The molecule has 0 radical (unpaired) electrons. The Labute approximate surface area is 114 Å². The van der Waals surface area contributed by atoms with Crippen LogP contribution in [0.3, 0.4) is 0 Å². The van der Waals surface area contributed by atoms with Crippen LogP contribution in [-0.4, -0.2) is 40.9 Å². The summed E-state index contributed by atoms with van der Waals surface area (Å²) in [6.07, 6.45) is 0.900. The first-order valence-corrected chi connectivity index (χ1v) is 6.67. The van der Waals surface area contributed by atoms with Crippen LogP contribution in [0, 0.1) is 0 Å². The van der Waals surface area contributed by atoms with E-state index in [1.807, 2.05) is 18.2 Å². The van der Waals surface area contributed by atoms with Gasteiger partial charge in [0.25, 0.3) is 0 Å². The molecule has 4 heteroatoms. The number of hydrogen-bond donors (Lipinski definition) is 0. The van der Waals surface area contributed by atoms with Gasteiger partial charge in [-0.05, 0) is 39.2 Å². The quantitative estimate of drug-likeness (QED) is 0.774. The highest BCUT2D eigenvalue weighted by molar-refractivity contribution is 5.97. The van der Waals surface area contributed by atoms with Gasteiger partial charge in [-0.3, -0.25) is 4.79 Å². The topological polar surface area (TPSA) is 38.1 Å². The first kappa shape index (κ1) is 13.7. The average molecular weight is 259 g/mol. The van der Waals surface area contributed by atoms with Gasteiger partial charge < -0.3 is 9.47 Å². The molecule has 0 unspecified atom stereocenters. The number of aryl methyl sites for hydroxylation is 1. The standard InChI is InChI=1S/C15H21N3O/c1-5-15-16-13-10-12(11(2)19)6-7-14(13)18(15)9-8-17(3)4/h6-7,10H,5,8-9H2,1-4H3. The summed E-state index contributed by atoms with van der Waals surface area (Å²) >= 11 is 0. The zero-order valence-electron chi connectivity index (χ0n) is 12.1. The monoisotopic (exact) mass is 259 g/mol. The third kappa shape index (κ3) is 2.84. The predicted molar refractivity (Wildman–Crippen MR) is 77.7 cm³/mol. The van der Waals surface area contributed by atoms with E-state index in [-0.39, 0.29) is 5.78 Å². The zero-order chi connectivity index (χ0) is 14.0. The number of benzene rings is 1. The molecular weight excluding hydrogens is 238 g/mol. The minimum Gasteiger partial charge on any atom is -0.327 e. The Balaban J connectivity index is 2.46. The molecule has 0 atom stereocenters. The fraction of sp³-hybridized carbons (Fsp3) is 0.467. The number of carbonyl (C=O) groups is 1. The van der Waals surface area contributed by atoms with Crippen molar-refractivity contribution in [1.82, 2.24) is 14.5 Å². The van der Waals surface area contributed by atoms with Gasteiger partial charge in [0.2, 0.25) is 0 Å². The van der Waals surface area contributed by atoms with Crippen LogP contribution in [0.2, 0.25) is 0 Å². The van der Waals surface area contributed by atoms with Crippen molar-refractivity contribution >= 4 is 16.8 Å². The molecule has 0 amide bonds. The van der Waals surface area contributed by atoms with E-state index in [0.717, 1.165) is 41.9 Å². The summed E-state index contributed by atoms with van der Waals surface area (Å²) in [5.41, 5.74) is 2.76. The van der Waals surface area contributed by atoms with Gasteiger partial charge in [-0.2, -0.15) is 0 Å². The summed E-state index contributed by atoms with van der Waals surface area (Å²) in [5.74, 6) is 1.17. The molecule has 2 rings (SSSR count). The SMILES string of the molecule is CCc1nc2cc(C(C)=O)ccc2n1CCN(C)C. The van der Waals surface area contributed by atoms with E-state index in [9.17, 15) is 4.79 Å². The van der Waals surface area contributed by atoms with Crippen LogP contribution in [0.4, 0.5) is 0 Å². The molecule has 0 fully saturated rings. The third-order valence-corrected chi connectivity index (χ3v) is 3.32. The number of hydrogen-bond acceptors (Lipinski definition) is 3. The van der Waals surface area contributed by atoms with Gasteiger partial charge in [0.15, 0.2) is 5.78 Å². The maximum atomic E-state index is 11.4. The van der Waals surface area contributed by atoms with E-state index in [1.165, 1.54) is 0 Å². The van der Waals surface area contributed by atoms with Crippen molar-refractivity contribution in [2.45, 2.75) is 26.8 Å². The van der Waals surface area contributed by atoms with Crippen molar-refractivity contribution < 1.29 is 4.79 Å². The Morgan fingerprint density at radius 3 is 2.68 bits per heavy atom. The van der Waals surface area contributed by atoms with Crippen LogP contribution in [0.25, 0.3) is 11.0 Å². The van der Waals surface area contributed by atoms with Crippen molar-refractivity contribution in [2.24, 2.45) is 0 Å². The van der Waals surface area contributed by atoms with Crippen LogP contribution in [0.5, 0.6) is 0 Å². The smallest absolute Gasteiger partial charge is 0.159 e. The van der Waals surface area contributed by atoms with E-state index in [4.69, 9.17) is 0 Å². The molecule has 19 heavy (non-hydrogen) atoms. The number of aromatic nitrogens is 2. The number of fused-ring (bicyclic) bond motifs is 1. The molecule has 0 N–H and O–H groups in total. The molecule has 0 saturated heterocycles. The highest BCUT2D eigenvalue weighted by Gasteiger charge is 2.11. The largest absolute Gasteiger partial charge is 0.327 e. The number of rotatable bonds is 5. The summed E-state index contributed by atoms with van der Waals surface area (Å²) in [5, 5.41) is 0. The summed E-state index contributed by atoms with van der Waals surface area (Å²) in [4.78, 5) is 18.2. The molecule has 1 aromatic heterocycles. The van der Waals surface area contributed by atoms with Gasteiger partial charge in [-0.1, -0.05) is 6.92 Å². The van der Waals surface area contributed by atoms with Crippen LogP contribution in [0.1, 0.15) is 30.0 Å². The number of Topliss-reactive ketones (excluding diaryl/α,β-unsaturated/α-hetero) is 1. The predicted octanol–water partition coefficient (Wildman–Crippen LogP) is 2.36. The fourth-order valence-corrected chi connectivity index (χ4v) is 2.22. The second kappa shape index (κ2) is 5.53. The summed E-state index contributed by atoms with van der Waals surface area (Å²) in [6, 6.07) is 5.79. The minimum atomic E-state index is 0.0859. The molecule has 0 saturated carbocycles. The third-order valence-electron chi connectivity index (χ3n) is 3.32. The maximum absolute atomic E-state index is 11.4. The van der Waals surface area contributed by atoms with Crippen molar-refractivity contribution in [1.29, 1.82) is 0 Å². The lowest BCUT2D eigenvalue weighted by molar-refractivity contribution is 0.101. The highest BCUT2D eigenvalue weighted by atomic mass is 16.1. The lowest BCUT2D eigenvalue weighted by atomic mass is 10.1. The highest BCUT2D eigenvalue weighted by Crippen LogP contribution is 2.19. The van der Waals surface area contributed by atoms with Crippen molar-refractivity contribution in [3.8, 4) is 0 Å². The van der Waals surface area contributed by atoms with Crippen LogP contribution in [-0.2, 0) is 13.0 Å². The molecular formula is C15H21N3O. The Bertz CT molecular complexity index is 599. The van der Waals surface area contributed by atoms with Gasteiger partial charge >= 0.3 is 0 Å². The van der Waals surface area contributed by atoms with E-state index in [0.29, 0.717) is 0 Å². The number of likely N-dealkylation sites (N-methyl/N-ethyl adjacent to an activating group) is 1. The molecule has 0 aliphatic heterocycles. The molecule has 1 aromatic carbocycles. The molecule has 2 aromatic rings. The number of carbonyl (C=O) groups excluding carboxylic acids is 1. The van der Waals surface area contributed by atoms with Crippen molar-refractivity contribution in [2.75, 3.05) is 20.6 Å². The summed E-state index contributed by atoms with van der Waals surface area (Å²) in [7, 11) is 4.14. The lowest BCUT2D eigenvalue weighted by Crippen LogP contribution is -2.19. The Hall–Kier alpha value is -1.68. The van der Waals surface area contributed by atoms with Crippen molar-refractivity contribution in [3.63, 3.8) is 0 Å². The normalized spacial score (nSPS) is 11.4. The maximum Gasteiger partial charge on any atom is 0.159 e. The first-order valence-electron chi connectivity index (χ1n) is 6.67. The lowest BCUT2D eigenvalue weighted by Gasteiger charge is -2.12. The van der Waals surface area contributed by atoms with E-state index in [2.05, 4.69) is 35.5 Å². The van der Waals surface area contributed by atoms with Gasteiger partial charge in [0, 0.05) is 25.1 Å². The van der Waals surface area contributed by atoms with Gasteiger partial charge in [-0.15, -0.1) is 0 Å². The summed E-state index contributed by atoms with van der Waals surface area (Å²) in [6.45, 7) is 5.60. The fourth-order valence-electron chi connectivity index (χ4n) is 2.22. The summed E-state index contributed by atoms with van der Waals surface area (Å²) < 4.78 is 2.25. The average Bonchev–Trinajstić information content (AvgIpc) is 2.72. The number of ketones is 1. The zero-order valence-corrected chi connectivity index (χ0v) is 12.1. The molecule has 0 bridgehead atoms. The minimum absolute atomic E-state index is 0.0859. The number of nitrogens with zero attached hydrogens (tertiary/aromatic N) is 3. The Morgan fingerprint density at radius 1 is 1.37 bits per heavy atom.